The number of carbonyl (C=O) groups excluding carboxylic acids is 4. The van der Waals surface area contributed by atoms with Gasteiger partial charge in [0.05, 0.1) is 23.7 Å². The first-order chi connectivity index (χ1) is 21.8. The van der Waals surface area contributed by atoms with E-state index in [-0.39, 0.29) is 53.9 Å². The Bertz CT molecular complexity index is 1260. The summed E-state index contributed by atoms with van der Waals surface area (Å²) < 4.78 is 6.35. The topological polar surface area (TPSA) is 174 Å². The number of aliphatic hydroxyl groups excluding tert-OH is 1. The van der Waals surface area contributed by atoms with E-state index in [4.69, 9.17) is 16.2 Å². The van der Waals surface area contributed by atoms with E-state index in [2.05, 4.69) is 24.5 Å². The number of benzene rings is 1. The van der Waals surface area contributed by atoms with E-state index in [9.17, 15) is 24.3 Å². The molecule has 8 atom stereocenters. The number of ether oxygens (including phenoxy) is 1. The maximum Gasteiger partial charge on any atom is 0.316 e. The van der Waals surface area contributed by atoms with Crippen LogP contribution in [0.25, 0.3) is 0 Å². The molecule has 7 N–H and O–H groups in total. The molecule has 46 heavy (non-hydrogen) atoms. The van der Waals surface area contributed by atoms with Gasteiger partial charge in [0.25, 0.3) is 0 Å². The van der Waals surface area contributed by atoms with Gasteiger partial charge in [-0.3, -0.25) is 19.2 Å². The van der Waals surface area contributed by atoms with Crippen molar-refractivity contribution in [2.75, 3.05) is 31.9 Å². The first kappa shape index (κ1) is 36.4. The van der Waals surface area contributed by atoms with Crippen LogP contribution in [0.3, 0.4) is 0 Å². The highest BCUT2D eigenvalue weighted by atomic mass is 32.2. The van der Waals surface area contributed by atoms with Gasteiger partial charge in [0.2, 0.25) is 11.8 Å². The monoisotopic (exact) mass is 658 g/mol. The molecule has 0 heterocycles. The summed E-state index contributed by atoms with van der Waals surface area (Å²) in [6, 6.07) is 7.51. The molecule has 3 aliphatic rings. The molecule has 2 bridgehead atoms. The number of carbonyl (C=O) groups is 4. The van der Waals surface area contributed by atoms with E-state index < -0.39 is 34.4 Å². The molecule has 0 spiro atoms. The Morgan fingerprint density at radius 1 is 1.02 bits per heavy atom. The van der Waals surface area contributed by atoms with Crippen molar-refractivity contribution in [3.63, 3.8) is 0 Å². The molecule has 3 saturated carbocycles. The molecule has 10 nitrogen and oxygen atoms in total. The number of hydrogen-bond donors (Lipinski definition) is 5. The number of thioether (sulfide) groups is 1. The number of nitrogens with two attached hydrogens (primary N) is 2. The average molecular weight is 659 g/mol. The highest BCUT2D eigenvalue weighted by Crippen LogP contribution is 2.67. The van der Waals surface area contributed by atoms with E-state index >= 15 is 0 Å². The number of Topliss-reactive ketones (excluding diaryl/α,β-unsaturated/α-hetero) is 1. The summed E-state index contributed by atoms with van der Waals surface area (Å²) in [5, 5.41) is 17.8. The quantitative estimate of drug-likeness (QED) is 0.121. The van der Waals surface area contributed by atoms with Crippen molar-refractivity contribution in [2.45, 2.75) is 96.2 Å². The van der Waals surface area contributed by atoms with Gasteiger partial charge in [0, 0.05) is 42.2 Å². The minimum absolute atomic E-state index is 0.0437. The second-order valence-electron chi connectivity index (χ2n) is 14.3. The second-order valence-corrected chi connectivity index (χ2v) is 15.3. The molecule has 3 aliphatic carbocycles. The van der Waals surface area contributed by atoms with E-state index in [0.29, 0.717) is 45.4 Å². The summed E-state index contributed by atoms with van der Waals surface area (Å²) in [7, 11) is 0. The van der Waals surface area contributed by atoms with Crippen LogP contribution >= 0.6 is 11.8 Å². The summed E-state index contributed by atoms with van der Waals surface area (Å²) in [5.74, 6) is -1.12. The maximum atomic E-state index is 13.8. The number of amides is 2. The van der Waals surface area contributed by atoms with Gasteiger partial charge >= 0.3 is 5.97 Å². The predicted octanol–water partition coefficient (Wildman–Crippen LogP) is 2.97. The summed E-state index contributed by atoms with van der Waals surface area (Å²) in [6.45, 7) is 9.89. The van der Waals surface area contributed by atoms with Gasteiger partial charge < -0.3 is 31.9 Å². The van der Waals surface area contributed by atoms with Crippen molar-refractivity contribution in [3.05, 3.63) is 29.8 Å². The smallest absolute Gasteiger partial charge is 0.316 e. The Balaban J connectivity index is 1.55. The van der Waals surface area contributed by atoms with Crippen LogP contribution in [-0.4, -0.2) is 72.8 Å². The SMILES string of the molecule is CC1C(O)C(C)(C(=O)NCCCN)CC(OC(=O)CSc2ccc(CC(=O)NCCCN)cc2)C2(C)C(C)CCC13CCC(=O)C32. The van der Waals surface area contributed by atoms with Crippen LogP contribution in [0.4, 0.5) is 0 Å². The Morgan fingerprint density at radius 3 is 2.33 bits per heavy atom. The first-order valence-corrected chi connectivity index (χ1v) is 17.9. The third-order valence-corrected chi connectivity index (χ3v) is 12.6. The van der Waals surface area contributed by atoms with Gasteiger partial charge in [0.1, 0.15) is 11.9 Å². The van der Waals surface area contributed by atoms with E-state index in [1.54, 1.807) is 6.92 Å². The molecule has 0 aliphatic heterocycles. The number of esters is 1. The molecular formula is C35H54N4O6S. The van der Waals surface area contributed by atoms with E-state index in [1.807, 2.05) is 31.2 Å². The Labute approximate surface area is 277 Å². The summed E-state index contributed by atoms with van der Waals surface area (Å²) in [6.07, 6.45) is 2.73. The fraction of sp³-hybridized carbons (Fsp3) is 0.714. The van der Waals surface area contributed by atoms with Crippen LogP contribution in [0.1, 0.15) is 78.2 Å². The number of hydrogen-bond acceptors (Lipinski definition) is 9. The Morgan fingerprint density at radius 2 is 1.67 bits per heavy atom. The molecule has 1 aromatic carbocycles. The van der Waals surface area contributed by atoms with Crippen molar-refractivity contribution in [3.8, 4) is 0 Å². The van der Waals surface area contributed by atoms with Crippen LogP contribution in [0.2, 0.25) is 0 Å². The molecular weight excluding hydrogens is 604 g/mol. The zero-order valence-corrected chi connectivity index (χ0v) is 28.8. The molecule has 8 unspecified atom stereocenters. The zero-order valence-electron chi connectivity index (χ0n) is 27.9. The molecule has 1 aromatic rings. The van der Waals surface area contributed by atoms with Gasteiger partial charge in [-0.25, -0.2) is 0 Å². The lowest BCUT2D eigenvalue weighted by molar-refractivity contribution is -0.211. The molecule has 256 valence electrons. The normalized spacial score (nSPS) is 33.8. The molecule has 0 radical (unpaired) electrons. The van der Waals surface area contributed by atoms with Crippen LogP contribution in [0, 0.1) is 34.0 Å². The van der Waals surface area contributed by atoms with Gasteiger partial charge in [-0.05, 0) is 87.1 Å². The molecule has 2 amide bonds. The largest absolute Gasteiger partial charge is 0.461 e. The van der Waals surface area contributed by atoms with Crippen molar-refractivity contribution < 1.29 is 29.0 Å². The number of aliphatic hydroxyl groups is 1. The van der Waals surface area contributed by atoms with Crippen LogP contribution < -0.4 is 22.1 Å². The van der Waals surface area contributed by atoms with Crippen molar-refractivity contribution in [1.29, 1.82) is 0 Å². The van der Waals surface area contributed by atoms with Gasteiger partial charge in [-0.2, -0.15) is 0 Å². The summed E-state index contributed by atoms with van der Waals surface area (Å²) in [5.41, 5.74) is 9.64. The third kappa shape index (κ3) is 7.17. The summed E-state index contributed by atoms with van der Waals surface area (Å²) in [4.78, 5) is 54.1. The van der Waals surface area contributed by atoms with Crippen LogP contribution in [0.15, 0.2) is 29.2 Å². The first-order valence-electron chi connectivity index (χ1n) is 16.9. The minimum Gasteiger partial charge on any atom is -0.461 e. The Kier molecular flexibility index (Phi) is 12.0. The zero-order chi connectivity index (χ0) is 33.7. The second kappa shape index (κ2) is 15.2. The van der Waals surface area contributed by atoms with Crippen molar-refractivity contribution in [2.24, 2.45) is 45.5 Å². The predicted molar refractivity (Wildman–Crippen MR) is 179 cm³/mol. The fourth-order valence-electron chi connectivity index (χ4n) is 8.61. The Hall–Kier alpha value is -2.47. The maximum absolute atomic E-state index is 13.8. The average Bonchev–Trinajstić information content (AvgIpc) is 3.39. The molecule has 4 rings (SSSR count). The third-order valence-electron chi connectivity index (χ3n) is 11.6. The number of ketones is 1. The summed E-state index contributed by atoms with van der Waals surface area (Å²) >= 11 is 1.34. The highest BCUT2D eigenvalue weighted by Gasteiger charge is 2.69. The number of nitrogens with one attached hydrogen (secondary N) is 2. The van der Waals surface area contributed by atoms with E-state index in [1.165, 1.54) is 11.8 Å². The van der Waals surface area contributed by atoms with Crippen LogP contribution in [0.5, 0.6) is 0 Å². The number of rotatable bonds is 13. The van der Waals surface area contributed by atoms with Gasteiger partial charge in [-0.1, -0.05) is 32.9 Å². The van der Waals surface area contributed by atoms with Crippen molar-refractivity contribution in [1.82, 2.24) is 10.6 Å². The minimum atomic E-state index is -1.24. The van der Waals surface area contributed by atoms with Crippen molar-refractivity contribution >= 4 is 35.3 Å². The molecule has 0 saturated heterocycles. The lowest BCUT2D eigenvalue weighted by Gasteiger charge is -2.61. The molecule has 3 fully saturated rings. The molecule has 0 aromatic heterocycles. The van der Waals surface area contributed by atoms with E-state index in [0.717, 1.165) is 29.7 Å². The fourth-order valence-corrected chi connectivity index (χ4v) is 9.29. The van der Waals surface area contributed by atoms with Gasteiger partial charge in [-0.15, -0.1) is 11.8 Å². The lowest BCUT2D eigenvalue weighted by Crippen LogP contribution is -2.65. The highest BCUT2D eigenvalue weighted by molar-refractivity contribution is 8.00. The lowest BCUT2D eigenvalue weighted by atomic mass is 9.43. The van der Waals surface area contributed by atoms with Crippen LogP contribution in [-0.2, 0) is 30.3 Å². The van der Waals surface area contributed by atoms with Gasteiger partial charge in [0.15, 0.2) is 0 Å². The molecule has 11 heteroatoms. The standard InChI is InChI=1S/C35H54N4O6S/c1-22-11-13-35-14-12-26(40)30(35)34(22,4)27(20-33(3,31(43)23(35)2)32(44)39-18-6-16-37)45-29(42)21-46-25-9-7-24(8-10-25)19-28(41)38-17-5-15-36/h7-10,22-23,27,30-31,43H,5-6,11-21,36-37H2,1-4H3,(H,38,41)(H,39,44).